The lowest BCUT2D eigenvalue weighted by molar-refractivity contribution is 0.0923. The molecular weight excluding hydrogens is 476 g/mol. The second kappa shape index (κ2) is 10.5. The van der Waals surface area contributed by atoms with Crippen LogP contribution in [0, 0.1) is 6.92 Å². The number of nitrogens with one attached hydrogen (secondary N) is 2. The van der Waals surface area contributed by atoms with E-state index in [0.717, 1.165) is 61.2 Å². The first kappa shape index (κ1) is 24.5. The quantitative estimate of drug-likeness (QED) is 0.508. The largest absolute Gasteiger partial charge is 0.493 e. The van der Waals surface area contributed by atoms with Crippen molar-refractivity contribution in [1.82, 2.24) is 15.6 Å². The van der Waals surface area contributed by atoms with Gasteiger partial charge in [-0.15, -0.1) is 0 Å². The van der Waals surface area contributed by atoms with Crippen LogP contribution in [0.3, 0.4) is 0 Å². The van der Waals surface area contributed by atoms with E-state index in [4.69, 9.17) is 4.74 Å². The van der Waals surface area contributed by atoms with Gasteiger partial charge in [-0.2, -0.15) is 0 Å². The molecule has 7 nitrogen and oxygen atoms in total. The fourth-order valence-electron chi connectivity index (χ4n) is 6.31. The number of aromatic nitrogens is 1. The van der Waals surface area contributed by atoms with Gasteiger partial charge in [-0.05, 0) is 74.8 Å². The molecule has 196 valence electrons. The Morgan fingerprint density at radius 1 is 1.00 bits per heavy atom. The molecule has 1 unspecified atom stereocenters. The number of hydrogen-bond acceptors (Lipinski definition) is 5. The van der Waals surface area contributed by atoms with Gasteiger partial charge in [0.1, 0.15) is 11.6 Å². The average molecular weight is 511 g/mol. The van der Waals surface area contributed by atoms with Crippen LogP contribution in [0.4, 0.5) is 5.82 Å². The summed E-state index contributed by atoms with van der Waals surface area (Å²) in [7, 11) is 0. The second-order valence-electron chi connectivity index (χ2n) is 10.7. The van der Waals surface area contributed by atoms with Crippen LogP contribution in [-0.2, 0) is 13.0 Å². The van der Waals surface area contributed by atoms with Crippen molar-refractivity contribution in [3.05, 3.63) is 88.6 Å². The van der Waals surface area contributed by atoms with E-state index in [1.165, 1.54) is 5.56 Å². The van der Waals surface area contributed by atoms with Crippen molar-refractivity contribution in [3.63, 3.8) is 0 Å². The Morgan fingerprint density at radius 3 is 2.53 bits per heavy atom. The molecule has 6 rings (SSSR count). The molecule has 0 saturated carbocycles. The summed E-state index contributed by atoms with van der Waals surface area (Å²) in [6.45, 7) is 3.19. The average Bonchev–Trinajstić information content (AvgIpc) is 3.22. The highest BCUT2D eigenvalue weighted by Crippen LogP contribution is 2.39. The summed E-state index contributed by atoms with van der Waals surface area (Å²) in [5.41, 5.74) is 4.47. The van der Waals surface area contributed by atoms with E-state index in [2.05, 4.69) is 20.5 Å². The van der Waals surface area contributed by atoms with Crippen LogP contribution >= 0.6 is 0 Å². The molecule has 3 aliphatic rings. The predicted molar refractivity (Wildman–Crippen MR) is 147 cm³/mol. The van der Waals surface area contributed by atoms with Gasteiger partial charge in [-0.3, -0.25) is 9.59 Å². The molecule has 0 radical (unpaired) electrons. The van der Waals surface area contributed by atoms with Crippen LogP contribution < -0.4 is 20.3 Å². The molecule has 1 aromatic heterocycles. The van der Waals surface area contributed by atoms with Gasteiger partial charge >= 0.3 is 0 Å². The Bertz CT molecular complexity index is 1310. The monoisotopic (exact) mass is 510 g/mol. The van der Waals surface area contributed by atoms with E-state index < -0.39 is 0 Å². The molecule has 2 bridgehead atoms. The highest BCUT2D eigenvalue weighted by atomic mass is 16.5. The van der Waals surface area contributed by atoms with Crippen molar-refractivity contribution in [2.75, 3.05) is 11.5 Å². The summed E-state index contributed by atoms with van der Waals surface area (Å²) in [6, 6.07) is 18.5. The van der Waals surface area contributed by atoms with Crippen molar-refractivity contribution in [2.24, 2.45) is 0 Å². The van der Waals surface area contributed by atoms with Gasteiger partial charge in [0, 0.05) is 42.0 Å². The van der Waals surface area contributed by atoms with Crippen molar-refractivity contribution in [1.29, 1.82) is 0 Å². The number of ether oxygens (including phenoxy) is 1. The highest BCUT2D eigenvalue weighted by molar-refractivity contribution is 5.96. The molecule has 0 aliphatic carbocycles. The first-order valence-corrected chi connectivity index (χ1v) is 13.7. The number of benzene rings is 2. The number of fused-ring (bicyclic) bond motifs is 3. The summed E-state index contributed by atoms with van der Waals surface area (Å²) in [4.78, 5) is 32.9. The summed E-state index contributed by atoms with van der Waals surface area (Å²) in [6.07, 6.45) is 7.66. The Balaban J connectivity index is 1.08. The standard InChI is InChI=1S/C31H34N4O3/c1-20-27(13-9-22-8-5-15-38-29(20)22)31(37)34-24-16-25-11-12-26(17-24)35(25)28-14-10-23(19-32-28)30(36)33-18-21-6-3-2-4-7-21/h2-4,6-7,9-10,13-14,19,24-26H,5,8,11-12,15-18H2,1H3,(H,33,36)(H,34,37)/t24?,25-,26+. The Labute approximate surface area is 223 Å². The molecule has 2 amide bonds. The number of piperidine rings is 1. The molecule has 2 fully saturated rings. The van der Waals surface area contributed by atoms with Crippen molar-refractivity contribution >= 4 is 17.6 Å². The van der Waals surface area contributed by atoms with E-state index >= 15 is 0 Å². The molecule has 2 aromatic carbocycles. The van der Waals surface area contributed by atoms with Gasteiger partial charge in [0.15, 0.2) is 0 Å². The lowest BCUT2D eigenvalue weighted by Gasteiger charge is -2.40. The van der Waals surface area contributed by atoms with Gasteiger partial charge in [0.2, 0.25) is 0 Å². The van der Waals surface area contributed by atoms with Gasteiger partial charge < -0.3 is 20.3 Å². The number of amides is 2. The third-order valence-electron chi connectivity index (χ3n) is 8.21. The van der Waals surface area contributed by atoms with Gasteiger partial charge in [-0.25, -0.2) is 4.98 Å². The SMILES string of the molecule is Cc1c(C(=O)NC2C[C@H]3CC[C@@H](C2)N3c2ccc(C(=O)NCc3ccccc3)cn2)ccc2c1OCCC2. The van der Waals surface area contributed by atoms with Crippen LogP contribution in [0.1, 0.15) is 69.5 Å². The minimum Gasteiger partial charge on any atom is -0.493 e. The number of aryl methyl sites for hydroxylation is 1. The minimum absolute atomic E-state index is 0.0127. The van der Waals surface area contributed by atoms with E-state index in [1.807, 2.05) is 61.5 Å². The zero-order valence-corrected chi connectivity index (χ0v) is 21.8. The summed E-state index contributed by atoms with van der Waals surface area (Å²) in [5.74, 6) is 1.66. The van der Waals surface area contributed by atoms with Gasteiger partial charge in [-0.1, -0.05) is 36.4 Å². The Kier molecular flexibility index (Phi) is 6.75. The molecule has 3 aliphatic heterocycles. The van der Waals surface area contributed by atoms with E-state index in [-0.39, 0.29) is 17.9 Å². The van der Waals surface area contributed by atoms with Crippen LogP contribution in [0.2, 0.25) is 0 Å². The lowest BCUT2D eigenvalue weighted by Crippen LogP contribution is -2.50. The smallest absolute Gasteiger partial charge is 0.253 e. The van der Waals surface area contributed by atoms with Crippen LogP contribution in [0.15, 0.2) is 60.8 Å². The third-order valence-corrected chi connectivity index (χ3v) is 8.21. The molecule has 2 saturated heterocycles. The third kappa shape index (κ3) is 4.85. The second-order valence-corrected chi connectivity index (χ2v) is 10.7. The maximum absolute atomic E-state index is 13.2. The molecule has 3 aromatic rings. The summed E-state index contributed by atoms with van der Waals surface area (Å²) >= 11 is 0. The zero-order valence-electron chi connectivity index (χ0n) is 21.8. The predicted octanol–water partition coefficient (Wildman–Crippen LogP) is 4.57. The molecule has 0 spiro atoms. The normalized spacial score (nSPS) is 21.8. The maximum Gasteiger partial charge on any atom is 0.253 e. The van der Waals surface area contributed by atoms with Gasteiger partial charge in [0.25, 0.3) is 11.8 Å². The maximum atomic E-state index is 13.2. The van der Waals surface area contributed by atoms with E-state index in [0.29, 0.717) is 36.4 Å². The molecule has 38 heavy (non-hydrogen) atoms. The van der Waals surface area contributed by atoms with Crippen LogP contribution in [0.5, 0.6) is 5.75 Å². The first-order chi connectivity index (χ1) is 18.6. The molecule has 3 atom stereocenters. The van der Waals surface area contributed by atoms with Gasteiger partial charge in [0.05, 0.1) is 12.2 Å². The van der Waals surface area contributed by atoms with Crippen LogP contribution in [-0.4, -0.2) is 41.5 Å². The Hall–Kier alpha value is -3.87. The molecule has 7 heteroatoms. The number of rotatable bonds is 6. The number of carbonyl (C=O) groups excluding carboxylic acids is 2. The number of hydrogen-bond donors (Lipinski definition) is 2. The first-order valence-electron chi connectivity index (χ1n) is 13.7. The van der Waals surface area contributed by atoms with Crippen molar-refractivity contribution in [2.45, 2.75) is 70.1 Å². The number of anilines is 1. The van der Waals surface area contributed by atoms with Crippen molar-refractivity contribution in [3.8, 4) is 5.75 Å². The Morgan fingerprint density at radius 2 is 1.79 bits per heavy atom. The van der Waals surface area contributed by atoms with E-state index in [9.17, 15) is 9.59 Å². The van der Waals surface area contributed by atoms with E-state index in [1.54, 1.807) is 6.20 Å². The van der Waals surface area contributed by atoms with Crippen molar-refractivity contribution < 1.29 is 14.3 Å². The number of pyridine rings is 1. The summed E-state index contributed by atoms with van der Waals surface area (Å²) in [5, 5.41) is 6.27. The zero-order chi connectivity index (χ0) is 26.1. The van der Waals surface area contributed by atoms with Crippen LogP contribution in [0.25, 0.3) is 0 Å². The molecule has 4 heterocycles. The number of carbonyl (C=O) groups is 2. The number of nitrogens with zero attached hydrogens (tertiary/aromatic N) is 2. The molecule has 2 N–H and O–H groups in total. The fraction of sp³-hybridized carbons (Fsp3) is 0.387. The summed E-state index contributed by atoms with van der Waals surface area (Å²) < 4.78 is 5.88. The topological polar surface area (TPSA) is 83.6 Å². The highest BCUT2D eigenvalue weighted by Gasteiger charge is 2.42. The minimum atomic E-state index is -0.125. The lowest BCUT2D eigenvalue weighted by atomic mass is 9.95. The fourth-order valence-corrected chi connectivity index (χ4v) is 6.31. The molecular formula is C31H34N4O3.